The summed E-state index contributed by atoms with van der Waals surface area (Å²) in [4.78, 5) is 12.3. The number of nitrogens with one attached hydrogen (secondary N) is 3. The molecular formula is C18H19F2N3O. The van der Waals surface area contributed by atoms with E-state index in [1.165, 1.54) is 0 Å². The summed E-state index contributed by atoms with van der Waals surface area (Å²) >= 11 is 0. The van der Waals surface area contributed by atoms with Crippen molar-refractivity contribution in [3.05, 3.63) is 70.8 Å². The van der Waals surface area contributed by atoms with Gasteiger partial charge in [-0.1, -0.05) is 29.8 Å². The SMILES string of the molecule is Cc1cccc(C2C(C)NNC2NC(=O)c2cc(F)ccc2F)c1. The number of halogens is 2. The first kappa shape index (κ1) is 16.5. The Morgan fingerprint density at radius 2 is 1.92 bits per heavy atom. The molecule has 3 unspecified atom stereocenters. The van der Waals surface area contributed by atoms with Crippen LogP contribution in [0.2, 0.25) is 0 Å². The first-order valence-corrected chi connectivity index (χ1v) is 7.79. The highest BCUT2D eigenvalue weighted by atomic mass is 19.1. The van der Waals surface area contributed by atoms with Gasteiger partial charge in [0.1, 0.15) is 17.8 Å². The normalized spacial score (nSPS) is 23.2. The Morgan fingerprint density at radius 3 is 2.67 bits per heavy atom. The number of carbonyl (C=O) groups excluding carboxylic acids is 1. The number of carbonyl (C=O) groups is 1. The Kier molecular flexibility index (Phi) is 4.59. The van der Waals surface area contributed by atoms with Crippen LogP contribution in [0.4, 0.5) is 8.78 Å². The first-order chi connectivity index (χ1) is 11.5. The van der Waals surface area contributed by atoms with E-state index in [4.69, 9.17) is 0 Å². The molecule has 0 aromatic heterocycles. The topological polar surface area (TPSA) is 53.2 Å². The molecule has 0 saturated carbocycles. The largest absolute Gasteiger partial charge is 0.335 e. The van der Waals surface area contributed by atoms with Gasteiger partial charge in [-0.2, -0.15) is 0 Å². The van der Waals surface area contributed by atoms with Crippen LogP contribution in [0.5, 0.6) is 0 Å². The van der Waals surface area contributed by atoms with Gasteiger partial charge in [-0.3, -0.25) is 10.2 Å². The van der Waals surface area contributed by atoms with E-state index in [1.54, 1.807) is 0 Å². The second-order valence-corrected chi connectivity index (χ2v) is 6.09. The van der Waals surface area contributed by atoms with Gasteiger partial charge < -0.3 is 5.32 Å². The highest BCUT2D eigenvalue weighted by Gasteiger charge is 2.35. The molecule has 1 saturated heterocycles. The molecule has 126 valence electrons. The summed E-state index contributed by atoms with van der Waals surface area (Å²) in [6.07, 6.45) is -0.433. The molecule has 2 aromatic rings. The molecule has 0 radical (unpaired) electrons. The van der Waals surface area contributed by atoms with Crippen molar-refractivity contribution in [1.29, 1.82) is 0 Å². The quantitative estimate of drug-likeness (QED) is 0.810. The van der Waals surface area contributed by atoms with Gasteiger partial charge in [0.2, 0.25) is 0 Å². The second kappa shape index (κ2) is 6.67. The van der Waals surface area contributed by atoms with Crippen LogP contribution < -0.4 is 16.2 Å². The maximum atomic E-state index is 13.8. The van der Waals surface area contributed by atoms with E-state index in [9.17, 15) is 13.6 Å². The molecule has 1 heterocycles. The lowest BCUT2D eigenvalue weighted by Crippen LogP contribution is -2.46. The molecule has 3 atom stereocenters. The molecule has 0 spiro atoms. The second-order valence-electron chi connectivity index (χ2n) is 6.09. The fourth-order valence-corrected chi connectivity index (χ4v) is 3.06. The number of hydrazine groups is 1. The summed E-state index contributed by atoms with van der Waals surface area (Å²) in [5.41, 5.74) is 7.97. The molecule has 6 heteroatoms. The first-order valence-electron chi connectivity index (χ1n) is 7.79. The van der Waals surface area contributed by atoms with Crippen LogP contribution in [0.1, 0.15) is 34.3 Å². The average Bonchev–Trinajstić information content (AvgIpc) is 2.90. The molecule has 1 amide bonds. The number of benzene rings is 2. The van der Waals surface area contributed by atoms with Gasteiger partial charge in [0.15, 0.2) is 0 Å². The number of amides is 1. The summed E-state index contributed by atoms with van der Waals surface area (Å²) < 4.78 is 27.1. The van der Waals surface area contributed by atoms with Gasteiger partial charge in [-0.25, -0.2) is 14.2 Å². The number of hydrogen-bond acceptors (Lipinski definition) is 3. The van der Waals surface area contributed by atoms with Crippen LogP contribution in [0.3, 0.4) is 0 Å². The standard InChI is InChI=1S/C18H19F2N3O/c1-10-4-3-5-12(8-10)16-11(2)22-23-17(16)21-18(24)14-9-13(19)6-7-15(14)20/h3-9,11,16-17,22-23H,1-2H3,(H,21,24). The van der Waals surface area contributed by atoms with Crippen LogP contribution in [0, 0.1) is 18.6 Å². The van der Waals surface area contributed by atoms with Gasteiger partial charge in [0, 0.05) is 12.0 Å². The zero-order chi connectivity index (χ0) is 17.3. The summed E-state index contributed by atoms with van der Waals surface area (Å²) in [7, 11) is 0. The molecule has 0 bridgehead atoms. The Hall–Kier alpha value is -2.31. The van der Waals surface area contributed by atoms with Crippen LogP contribution >= 0.6 is 0 Å². The fourth-order valence-electron chi connectivity index (χ4n) is 3.06. The van der Waals surface area contributed by atoms with E-state index in [0.29, 0.717) is 0 Å². The molecule has 2 aromatic carbocycles. The minimum Gasteiger partial charge on any atom is -0.335 e. The molecule has 1 aliphatic rings. The van der Waals surface area contributed by atoms with Gasteiger partial charge in [-0.05, 0) is 37.6 Å². The maximum Gasteiger partial charge on any atom is 0.255 e. The summed E-state index contributed by atoms with van der Waals surface area (Å²) in [5, 5.41) is 2.74. The zero-order valence-electron chi connectivity index (χ0n) is 13.4. The minimum absolute atomic E-state index is 0.0366. The van der Waals surface area contributed by atoms with E-state index >= 15 is 0 Å². The molecule has 1 aliphatic heterocycles. The number of aryl methyl sites for hydroxylation is 1. The van der Waals surface area contributed by atoms with Crippen LogP contribution in [-0.4, -0.2) is 18.1 Å². The summed E-state index contributed by atoms with van der Waals surface area (Å²) in [5.74, 6) is -2.09. The molecule has 3 rings (SSSR count). The van der Waals surface area contributed by atoms with Crippen molar-refractivity contribution in [3.8, 4) is 0 Å². The van der Waals surface area contributed by atoms with Crippen molar-refractivity contribution in [2.45, 2.75) is 32.0 Å². The molecular weight excluding hydrogens is 312 g/mol. The summed E-state index contributed by atoms with van der Waals surface area (Å²) in [6.45, 7) is 3.99. The third-order valence-corrected chi connectivity index (χ3v) is 4.25. The summed E-state index contributed by atoms with van der Waals surface area (Å²) in [6, 6.07) is 10.9. The van der Waals surface area contributed by atoms with Crippen molar-refractivity contribution in [3.63, 3.8) is 0 Å². The fraction of sp³-hybridized carbons (Fsp3) is 0.278. The van der Waals surface area contributed by atoms with Gasteiger partial charge in [0.25, 0.3) is 5.91 Å². The average molecular weight is 331 g/mol. The van der Waals surface area contributed by atoms with Crippen molar-refractivity contribution in [1.82, 2.24) is 16.2 Å². The lowest BCUT2D eigenvalue weighted by Gasteiger charge is -2.23. The molecule has 4 nitrogen and oxygen atoms in total. The van der Waals surface area contributed by atoms with Gasteiger partial charge in [0.05, 0.1) is 5.56 Å². The van der Waals surface area contributed by atoms with E-state index < -0.39 is 23.7 Å². The van der Waals surface area contributed by atoms with Crippen LogP contribution in [-0.2, 0) is 0 Å². The minimum atomic E-state index is -0.750. The van der Waals surface area contributed by atoms with Crippen molar-refractivity contribution >= 4 is 5.91 Å². The predicted molar refractivity (Wildman–Crippen MR) is 87.3 cm³/mol. The Bertz CT molecular complexity index is 766. The van der Waals surface area contributed by atoms with Crippen LogP contribution in [0.25, 0.3) is 0 Å². The molecule has 24 heavy (non-hydrogen) atoms. The monoisotopic (exact) mass is 331 g/mol. The van der Waals surface area contributed by atoms with Crippen molar-refractivity contribution < 1.29 is 13.6 Å². The van der Waals surface area contributed by atoms with Gasteiger partial charge in [-0.15, -0.1) is 0 Å². The van der Waals surface area contributed by atoms with Crippen LogP contribution in [0.15, 0.2) is 42.5 Å². The third-order valence-electron chi connectivity index (χ3n) is 4.25. The predicted octanol–water partition coefficient (Wildman–Crippen LogP) is 2.61. The molecule has 1 fully saturated rings. The molecule has 3 N–H and O–H groups in total. The Labute approximate surface area is 139 Å². The van der Waals surface area contributed by atoms with Crippen molar-refractivity contribution in [2.75, 3.05) is 0 Å². The Morgan fingerprint density at radius 1 is 1.12 bits per heavy atom. The third kappa shape index (κ3) is 3.29. The van der Waals surface area contributed by atoms with E-state index in [-0.39, 0.29) is 17.5 Å². The van der Waals surface area contributed by atoms with E-state index in [1.807, 2.05) is 32.0 Å². The van der Waals surface area contributed by atoms with E-state index in [2.05, 4.69) is 22.2 Å². The number of rotatable bonds is 3. The van der Waals surface area contributed by atoms with Gasteiger partial charge >= 0.3 is 0 Å². The zero-order valence-corrected chi connectivity index (χ0v) is 13.4. The lowest BCUT2D eigenvalue weighted by molar-refractivity contribution is 0.0924. The lowest BCUT2D eigenvalue weighted by atomic mass is 9.90. The Balaban J connectivity index is 1.83. The maximum absolute atomic E-state index is 13.8. The molecule has 0 aliphatic carbocycles. The van der Waals surface area contributed by atoms with E-state index in [0.717, 1.165) is 29.3 Å². The highest BCUT2D eigenvalue weighted by molar-refractivity contribution is 5.94. The van der Waals surface area contributed by atoms with Crippen molar-refractivity contribution in [2.24, 2.45) is 0 Å². The highest BCUT2D eigenvalue weighted by Crippen LogP contribution is 2.27. The smallest absolute Gasteiger partial charge is 0.255 e. The number of hydrogen-bond donors (Lipinski definition) is 3.